The molecule has 1 unspecified atom stereocenters. The number of aldehydes is 1. The Morgan fingerprint density at radius 1 is 1.47 bits per heavy atom. The van der Waals surface area contributed by atoms with E-state index in [2.05, 4.69) is 0 Å². The summed E-state index contributed by atoms with van der Waals surface area (Å²) in [5, 5.41) is 0. The molecule has 0 amide bonds. The second kappa shape index (κ2) is 4.13. The van der Waals surface area contributed by atoms with E-state index in [-0.39, 0.29) is 0 Å². The van der Waals surface area contributed by atoms with Gasteiger partial charge in [-0.3, -0.25) is 0 Å². The first-order valence-electron chi connectivity index (χ1n) is 5.13. The fourth-order valence-corrected chi connectivity index (χ4v) is 1.83. The summed E-state index contributed by atoms with van der Waals surface area (Å²) in [4.78, 5) is 10.6. The minimum Gasteiger partial charge on any atom is -0.343 e. The van der Waals surface area contributed by atoms with Crippen LogP contribution in [0.15, 0.2) is 30.3 Å². The first kappa shape index (κ1) is 10.3. The van der Waals surface area contributed by atoms with Gasteiger partial charge in [0.05, 0.1) is 6.61 Å². The van der Waals surface area contributed by atoms with Crippen LogP contribution < -0.4 is 0 Å². The predicted octanol–water partition coefficient (Wildman–Crippen LogP) is 1.86. The van der Waals surface area contributed by atoms with E-state index >= 15 is 0 Å². The summed E-state index contributed by atoms with van der Waals surface area (Å²) in [6, 6.07) is 9.73. The van der Waals surface area contributed by atoms with Gasteiger partial charge in [0.2, 0.25) is 0 Å². The van der Waals surface area contributed by atoms with Crippen molar-refractivity contribution >= 4 is 6.29 Å². The number of rotatable bonds is 3. The number of benzene rings is 1. The maximum Gasteiger partial charge on any atom is 0.195 e. The van der Waals surface area contributed by atoms with E-state index in [1.54, 1.807) is 0 Å². The van der Waals surface area contributed by atoms with Crippen LogP contribution in [-0.2, 0) is 20.1 Å². The van der Waals surface area contributed by atoms with Crippen LogP contribution in [0, 0.1) is 0 Å². The molecule has 1 fully saturated rings. The summed E-state index contributed by atoms with van der Waals surface area (Å²) in [7, 11) is 0. The van der Waals surface area contributed by atoms with Gasteiger partial charge < -0.3 is 14.3 Å². The topological polar surface area (TPSA) is 35.5 Å². The zero-order chi connectivity index (χ0) is 10.7. The maximum absolute atomic E-state index is 10.6. The molecule has 1 heterocycles. The fraction of sp³-hybridized carbons (Fsp3) is 0.417. The van der Waals surface area contributed by atoms with Crippen molar-refractivity contribution in [3.8, 4) is 0 Å². The SMILES string of the molecule is CCC1(c2ccccc2)OC[C@H](C=O)O1. The third-order valence-corrected chi connectivity index (χ3v) is 2.65. The minimum absolute atomic E-state index is 0.340. The summed E-state index contributed by atoms with van der Waals surface area (Å²) in [5.41, 5.74) is 0.969. The molecule has 0 bridgehead atoms. The Balaban J connectivity index is 2.28. The molecule has 1 aromatic rings. The third kappa shape index (κ3) is 1.80. The molecule has 0 aromatic heterocycles. The van der Waals surface area contributed by atoms with Gasteiger partial charge in [-0.25, -0.2) is 0 Å². The Kier molecular flexibility index (Phi) is 2.84. The quantitative estimate of drug-likeness (QED) is 0.708. The molecule has 2 atom stereocenters. The summed E-state index contributed by atoms with van der Waals surface area (Å²) >= 11 is 0. The normalized spacial score (nSPS) is 30.3. The molecular formula is C12H14O3. The van der Waals surface area contributed by atoms with Crippen LogP contribution in [-0.4, -0.2) is 19.0 Å². The van der Waals surface area contributed by atoms with Crippen LogP contribution in [0.2, 0.25) is 0 Å². The molecule has 3 heteroatoms. The van der Waals surface area contributed by atoms with Crippen molar-refractivity contribution in [1.82, 2.24) is 0 Å². The highest BCUT2D eigenvalue weighted by Gasteiger charge is 2.41. The molecule has 1 saturated heterocycles. The molecule has 1 aliphatic rings. The van der Waals surface area contributed by atoms with Gasteiger partial charge in [0, 0.05) is 12.0 Å². The van der Waals surface area contributed by atoms with Crippen molar-refractivity contribution in [2.75, 3.05) is 6.61 Å². The molecule has 0 aliphatic carbocycles. The third-order valence-electron chi connectivity index (χ3n) is 2.65. The highest BCUT2D eigenvalue weighted by molar-refractivity contribution is 5.56. The minimum atomic E-state index is -0.729. The van der Waals surface area contributed by atoms with Gasteiger partial charge in [-0.1, -0.05) is 37.3 Å². The number of ether oxygens (including phenoxy) is 2. The van der Waals surface area contributed by atoms with Crippen LogP contribution in [0.4, 0.5) is 0 Å². The van der Waals surface area contributed by atoms with E-state index < -0.39 is 11.9 Å². The van der Waals surface area contributed by atoms with Crippen molar-refractivity contribution in [2.45, 2.75) is 25.2 Å². The molecule has 15 heavy (non-hydrogen) atoms. The summed E-state index contributed by atoms with van der Waals surface area (Å²) in [6.45, 7) is 2.33. The van der Waals surface area contributed by atoms with Crippen LogP contribution in [0.25, 0.3) is 0 Å². The van der Waals surface area contributed by atoms with E-state index in [4.69, 9.17) is 9.47 Å². The number of hydrogen-bond donors (Lipinski definition) is 0. The molecule has 2 rings (SSSR count). The molecule has 0 N–H and O–H groups in total. The van der Waals surface area contributed by atoms with Crippen molar-refractivity contribution < 1.29 is 14.3 Å². The van der Waals surface area contributed by atoms with Crippen molar-refractivity contribution in [1.29, 1.82) is 0 Å². The van der Waals surface area contributed by atoms with E-state index in [0.717, 1.165) is 11.8 Å². The Morgan fingerprint density at radius 3 is 2.73 bits per heavy atom. The molecule has 3 nitrogen and oxygen atoms in total. The van der Waals surface area contributed by atoms with Crippen LogP contribution in [0.5, 0.6) is 0 Å². The molecular weight excluding hydrogens is 192 g/mol. The van der Waals surface area contributed by atoms with Gasteiger partial charge in [-0.15, -0.1) is 0 Å². The molecule has 0 spiro atoms. The lowest BCUT2D eigenvalue weighted by molar-refractivity contribution is -0.178. The van der Waals surface area contributed by atoms with Gasteiger partial charge in [0.25, 0.3) is 0 Å². The largest absolute Gasteiger partial charge is 0.343 e. The van der Waals surface area contributed by atoms with Crippen molar-refractivity contribution in [3.05, 3.63) is 35.9 Å². The summed E-state index contributed by atoms with van der Waals surface area (Å²) in [5.74, 6) is -0.729. The fourth-order valence-electron chi connectivity index (χ4n) is 1.83. The van der Waals surface area contributed by atoms with Gasteiger partial charge >= 0.3 is 0 Å². The van der Waals surface area contributed by atoms with Gasteiger partial charge in [0.1, 0.15) is 6.10 Å². The van der Waals surface area contributed by atoms with Gasteiger partial charge in [0.15, 0.2) is 12.1 Å². The Hall–Kier alpha value is -1.19. The standard InChI is InChI=1S/C12H14O3/c1-2-12(10-6-4-3-5-7-10)14-9-11(8-13)15-12/h3-8,11H,2,9H2,1H3/t11-,12?/m0/s1. The van der Waals surface area contributed by atoms with Crippen molar-refractivity contribution in [2.24, 2.45) is 0 Å². The molecule has 0 radical (unpaired) electrons. The van der Waals surface area contributed by atoms with E-state index in [1.165, 1.54) is 0 Å². The zero-order valence-electron chi connectivity index (χ0n) is 8.68. The first-order chi connectivity index (χ1) is 7.30. The van der Waals surface area contributed by atoms with Crippen LogP contribution >= 0.6 is 0 Å². The lowest BCUT2D eigenvalue weighted by Crippen LogP contribution is -2.27. The van der Waals surface area contributed by atoms with Gasteiger partial charge in [-0.2, -0.15) is 0 Å². The lowest BCUT2D eigenvalue weighted by atomic mass is 10.0. The predicted molar refractivity (Wildman–Crippen MR) is 55.3 cm³/mol. The van der Waals surface area contributed by atoms with Gasteiger partial charge in [-0.05, 0) is 0 Å². The number of hydrogen-bond acceptors (Lipinski definition) is 3. The highest BCUT2D eigenvalue weighted by atomic mass is 16.7. The molecule has 1 aliphatic heterocycles. The van der Waals surface area contributed by atoms with E-state index in [1.807, 2.05) is 37.3 Å². The average Bonchev–Trinajstić information content (AvgIpc) is 2.75. The Labute approximate surface area is 89.0 Å². The zero-order valence-corrected chi connectivity index (χ0v) is 8.68. The maximum atomic E-state index is 10.6. The highest BCUT2D eigenvalue weighted by Crippen LogP contribution is 2.36. The summed E-state index contributed by atoms with van der Waals surface area (Å²) in [6.07, 6.45) is 1.05. The van der Waals surface area contributed by atoms with Crippen LogP contribution in [0.1, 0.15) is 18.9 Å². The second-order valence-electron chi connectivity index (χ2n) is 3.58. The van der Waals surface area contributed by atoms with E-state index in [9.17, 15) is 4.79 Å². The molecule has 0 saturated carbocycles. The Bertz CT molecular complexity index is 336. The van der Waals surface area contributed by atoms with Crippen LogP contribution in [0.3, 0.4) is 0 Å². The second-order valence-corrected chi connectivity index (χ2v) is 3.58. The number of carbonyl (C=O) groups excluding carboxylic acids is 1. The monoisotopic (exact) mass is 206 g/mol. The summed E-state index contributed by atoms with van der Waals surface area (Å²) < 4.78 is 11.3. The smallest absolute Gasteiger partial charge is 0.195 e. The molecule has 1 aromatic carbocycles. The average molecular weight is 206 g/mol. The number of carbonyl (C=O) groups is 1. The van der Waals surface area contributed by atoms with E-state index in [0.29, 0.717) is 13.0 Å². The lowest BCUT2D eigenvalue weighted by Gasteiger charge is -2.26. The molecule has 80 valence electrons. The Morgan fingerprint density at radius 2 is 2.20 bits per heavy atom. The first-order valence-corrected chi connectivity index (χ1v) is 5.13. The van der Waals surface area contributed by atoms with Crippen molar-refractivity contribution in [3.63, 3.8) is 0 Å².